The molecule has 0 radical (unpaired) electrons. The molecule has 30 heavy (non-hydrogen) atoms. The highest BCUT2D eigenvalue weighted by molar-refractivity contribution is 5.82. The van der Waals surface area contributed by atoms with Crippen molar-refractivity contribution in [3.8, 4) is 39.9 Å². The van der Waals surface area contributed by atoms with Gasteiger partial charge in [0.2, 0.25) is 12.5 Å². The fourth-order valence-electron chi connectivity index (χ4n) is 3.13. The first-order chi connectivity index (χ1) is 14.4. The molecule has 0 saturated heterocycles. The van der Waals surface area contributed by atoms with E-state index in [0.29, 0.717) is 34.1 Å². The number of hydrogen-bond acceptors (Lipinski definition) is 5. The van der Waals surface area contributed by atoms with Crippen LogP contribution in [0.1, 0.15) is 5.56 Å². The molecule has 0 spiro atoms. The largest absolute Gasteiger partial charge is 0.573 e. The highest BCUT2D eigenvalue weighted by Crippen LogP contribution is 2.52. The van der Waals surface area contributed by atoms with E-state index in [9.17, 15) is 13.2 Å². The van der Waals surface area contributed by atoms with E-state index in [-0.39, 0.29) is 19.1 Å². The standard InChI is InChI=1S/C22H17F3O5/c1-26-21-19(15-7-9-16(10-8-15)30-22(23,24)25)17(11-18-20(21)29-13-28-18)27-12-14-5-3-2-4-6-14/h2-11H,12-13H2,1H3. The van der Waals surface area contributed by atoms with Crippen molar-refractivity contribution in [1.29, 1.82) is 0 Å². The molecule has 156 valence electrons. The number of benzene rings is 3. The van der Waals surface area contributed by atoms with Crippen LogP contribution in [0, 0.1) is 0 Å². The molecule has 0 saturated carbocycles. The van der Waals surface area contributed by atoms with Crippen molar-refractivity contribution in [3.63, 3.8) is 0 Å². The molecule has 3 aromatic carbocycles. The summed E-state index contributed by atoms with van der Waals surface area (Å²) in [7, 11) is 1.48. The van der Waals surface area contributed by atoms with Gasteiger partial charge in [-0.2, -0.15) is 0 Å². The predicted molar refractivity (Wildman–Crippen MR) is 102 cm³/mol. The van der Waals surface area contributed by atoms with Gasteiger partial charge in [-0.1, -0.05) is 42.5 Å². The Labute approximate surface area is 170 Å². The van der Waals surface area contributed by atoms with Crippen LogP contribution in [0.2, 0.25) is 0 Å². The third-order valence-corrected chi connectivity index (χ3v) is 4.40. The summed E-state index contributed by atoms with van der Waals surface area (Å²) in [5, 5.41) is 0. The van der Waals surface area contributed by atoms with Crippen LogP contribution in [-0.2, 0) is 6.61 Å². The zero-order valence-corrected chi connectivity index (χ0v) is 15.9. The lowest BCUT2D eigenvalue weighted by atomic mass is 10.0. The molecule has 0 fully saturated rings. The lowest BCUT2D eigenvalue weighted by molar-refractivity contribution is -0.274. The van der Waals surface area contributed by atoms with E-state index in [1.807, 2.05) is 30.3 Å². The Bertz CT molecular complexity index is 1020. The van der Waals surface area contributed by atoms with Crippen molar-refractivity contribution in [2.45, 2.75) is 13.0 Å². The van der Waals surface area contributed by atoms with Crippen molar-refractivity contribution in [2.24, 2.45) is 0 Å². The molecule has 8 heteroatoms. The highest BCUT2D eigenvalue weighted by Gasteiger charge is 2.31. The van der Waals surface area contributed by atoms with E-state index in [1.165, 1.54) is 31.4 Å². The third kappa shape index (κ3) is 4.22. The number of alkyl halides is 3. The Morgan fingerprint density at radius 3 is 2.37 bits per heavy atom. The van der Waals surface area contributed by atoms with Crippen LogP contribution in [0.3, 0.4) is 0 Å². The zero-order valence-electron chi connectivity index (χ0n) is 15.9. The maximum Gasteiger partial charge on any atom is 0.573 e. The first-order valence-corrected chi connectivity index (χ1v) is 8.98. The lowest BCUT2D eigenvalue weighted by Gasteiger charge is -2.17. The second-order valence-corrected chi connectivity index (χ2v) is 6.36. The summed E-state index contributed by atoms with van der Waals surface area (Å²) in [6.45, 7) is 0.317. The number of methoxy groups -OCH3 is 1. The van der Waals surface area contributed by atoms with E-state index in [1.54, 1.807) is 6.07 Å². The quantitative estimate of drug-likeness (QED) is 0.524. The Morgan fingerprint density at radius 1 is 0.967 bits per heavy atom. The van der Waals surface area contributed by atoms with Crippen LogP contribution >= 0.6 is 0 Å². The van der Waals surface area contributed by atoms with Gasteiger partial charge in [0.15, 0.2) is 11.5 Å². The molecular formula is C22H17F3O5. The Hall–Kier alpha value is -3.55. The molecule has 1 aliphatic rings. The molecule has 0 aliphatic carbocycles. The highest BCUT2D eigenvalue weighted by atomic mass is 19.4. The Morgan fingerprint density at radius 2 is 1.70 bits per heavy atom. The second-order valence-electron chi connectivity index (χ2n) is 6.36. The molecule has 1 aliphatic heterocycles. The number of hydrogen-bond donors (Lipinski definition) is 0. The van der Waals surface area contributed by atoms with Crippen molar-refractivity contribution >= 4 is 0 Å². The minimum atomic E-state index is -4.76. The van der Waals surface area contributed by atoms with Gasteiger partial charge in [0.1, 0.15) is 18.1 Å². The summed E-state index contributed by atoms with van der Waals surface area (Å²) in [6, 6.07) is 16.7. The summed E-state index contributed by atoms with van der Waals surface area (Å²) in [4.78, 5) is 0. The summed E-state index contributed by atoms with van der Waals surface area (Å²) >= 11 is 0. The molecule has 4 rings (SSSR count). The van der Waals surface area contributed by atoms with Crippen LogP contribution in [0.4, 0.5) is 13.2 Å². The Kier molecular flexibility index (Phi) is 5.31. The summed E-state index contributed by atoms with van der Waals surface area (Å²) in [5.74, 6) is 1.38. The first-order valence-electron chi connectivity index (χ1n) is 8.98. The molecule has 0 aromatic heterocycles. The van der Waals surface area contributed by atoms with Crippen LogP contribution in [0.25, 0.3) is 11.1 Å². The first kappa shape index (κ1) is 19.8. The predicted octanol–water partition coefficient (Wildman–Crippen LogP) is 5.57. The number of rotatable bonds is 6. The van der Waals surface area contributed by atoms with Crippen LogP contribution in [-0.4, -0.2) is 20.3 Å². The van der Waals surface area contributed by atoms with Gasteiger partial charge in [0.25, 0.3) is 0 Å². The smallest absolute Gasteiger partial charge is 0.492 e. The fraction of sp³-hybridized carbons (Fsp3) is 0.182. The molecule has 0 atom stereocenters. The SMILES string of the molecule is COc1c2c(cc(OCc3ccccc3)c1-c1ccc(OC(F)(F)F)cc1)OCO2. The number of halogens is 3. The van der Waals surface area contributed by atoms with Crippen LogP contribution in [0.15, 0.2) is 60.7 Å². The van der Waals surface area contributed by atoms with E-state index >= 15 is 0 Å². The maximum atomic E-state index is 12.5. The maximum absolute atomic E-state index is 12.5. The molecule has 0 bridgehead atoms. The average Bonchev–Trinajstić information content (AvgIpc) is 3.20. The number of ether oxygens (including phenoxy) is 5. The van der Waals surface area contributed by atoms with Gasteiger partial charge >= 0.3 is 6.36 Å². The van der Waals surface area contributed by atoms with Crippen molar-refractivity contribution in [2.75, 3.05) is 13.9 Å². The second kappa shape index (κ2) is 8.06. The molecule has 0 unspecified atom stereocenters. The molecule has 0 N–H and O–H groups in total. The Balaban J connectivity index is 1.73. The van der Waals surface area contributed by atoms with Gasteiger partial charge in [0.05, 0.1) is 12.7 Å². The molecule has 1 heterocycles. The van der Waals surface area contributed by atoms with E-state index in [4.69, 9.17) is 18.9 Å². The fourth-order valence-corrected chi connectivity index (χ4v) is 3.13. The van der Waals surface area contributed by atoms with Gasteiger partial charge in [-0.25, -0.2) is 0 Å². The lowest BCUT2D eigenvalue weighted by Crippen LogP contribution is -2.16. The van der Waals surface area contributed by atoms with Crippen LogP contribution in [0.5, 0.6) is 28.7 Å². The van der Waals surface area contributed by atoms with Gasteiger partial charge in [0, 0.05) is 6.07 Å². The van der Waals surface area contributed by atoms with Gasteiger partial charge in [-0.05, 0) is 23.3 Å². The molecule has 5 nitrogen and oxygen atoms in total. The minimum Gasteiger partial charge on any atom is -0.492 e. The van der Waals surface area contributed by atoms with Crippen molar-refractivity contribution in [3.05, 3.63) is 66.2 Å². The van der Waals surface area contributed by atoms with Gasteiger partial charge in [-0.15, -0.1) is 13.2 Å². The van der Waals surface area contributed by atoms with E-state index < -0.39 is 6.36 Å². The molecule has 0 amide bonds. The van der Waals surface area contributed by atoms with E-state index in [2.05, 4.69) is 4.74 Å². The molecule has 3 aromatic rings. The normalized spacial score (nSPS) is 12.5. The zero-order chi connectivity index (χ0) is 21.1. The van der Waals surface area contributed by atoms with Crippen LogP contribution < -0.4 is 23.7 Å². The topological polar surface area (TPSA) is 46.2 Å². The van der Waals surface area contributed by atoms with Gasteiger partial charge in [-0.3, -0.25) is 0 Å². The molecular weight excluding hydrogens is 401 g/mol. The minimum absolute atomic E-state index is 0.0334. The third-order valence-electron chi connectivity index (χ3n) is 4.40. The monoisotopic (exact) mass is 418 g/mol. The van der Waals surface area contributed by atoms with Crippen molar-refractivity contribution in [1.82, 2.24) is 0 Å². The van der Waals surface area contributed by atoms with Gasteiger partial charge < -0.3 is 23.7 Å². The number of fused-ring (bicyclic) bond motifs is 1. The average molecular weight is 418 g/mol. The van der Waals surface area contributed by atoms with Crippen molar-refractivity contribution < 1.29 is 36.9 Å². The summed E-state index contributed by atoms with van der Waals surface area (Å²) in [6.07, 6.45) is -4.76. The summed E-state index contributed by atoms with van der Waals surface area (Å²) < 4.78 is 63.9. The van der Waals surface area contributed by atoms with E-state index in [0.717, 1.165) is 5.56 Å². The summed E-state index contributed by atoms with van der Waals surface area (Å²) in [5.41, 5.74) is 2.06.